The smallest absolute Gasteiger partial charge is 0.337 e. The van der Waals surface area contributed by atoms with E-state index in [4.69, 9.17) is 4.74 Å². The van der Waals surface area contributed by atoms with Crippen molar-refractivity contribution >= 4 is 17.3 Å². The van der Waals surface area contributed by atoms with Gasteiger partial charge in [0, 0.05) is 25.3 Å². The summed E-state index contributed by atoms with van der Waals surface area (Å²) in [6.07, 6.45) is 0.983. The highest BCUT2D eigenvalue weighted by atomic mass is 16.6. The van der Waals surface area contributed by atoms with Crippen molar-refractivity contribution in [3.8, 4) is 0 Å². The first kappa shape index (κ1) is 15.2. The minimum Gasteiger partial charge on any atom is -0.478 e. The van der Waals surface area contributed by atoms with Gasteiger partial charge in [0.2, 0.25) is 0 Å². The molecular formula is C13H16N2O6. The average Bonchev–Trinajstić information content (AvgIpc) is 2.47. The molecular weight excluding hydrogens is 280 g/mol. The Morgan fingerprint density at radius 3 is 2.62 bits per heavy atom. The van der Waals surface area contributed by atoms with Crippen LogP contribution in [0.2, 0.25) is 0 Å². The second-order valence-corrected chi connectivity index (χ2v) is 4.97. The van der Waals surface area contributed by atoms with Crippen molar-refractivity contribution in [2.45, 2.75) is 18.4 Å². The van der Waals surface area contributed by atoms with Crippen molar-refractivity contribution in [3.05, 3.63) is 33.9 Å². The lowest BCUT2D eigenvalue weighted by atomic mass is 9.90. The second-order valence-electron chi connectivity index (χ2n) is 4.97. The summed E-state index contributed by atoms with van der Waals surface area (Å²) in [6.45, 7) is 0.661. The lowest BCUT2D eigenvalue weighted by molar-refractivity contribution is -0.384. The predicted octanol–water partition coefficient (Wildman–Crippen LogP) is 1.25. The Labute approximate surface area is 120 Å². The molecule has 0 atom stereocenters. The number of anilines is 1. The van der Waals surface area contributed by atoms with E-state index in [0.29, 0.717) is 26.1 Å². The largest absolute Gasteiger partial charge is 0.478 e. The maximum atomic E-state index is 11.2. The minimum atomic E-state index is -1.19. The third-order valence-corrected chi connectivity index (χ3v) is 3.60. The van der Waals surface area contributed by atoms with E-state index >= 15 is 0 Å². The highest BCUT2D eigenvalue weighted by Gasteiger charge is 2.33. The van der Waals surface area contributed by atoms with Gasteiger partial charge in [-0.05, 0) is 18.9 Å². The maximum absolute atomic E-state index is 11.2. The summed E-state index contributed by atoms with van der Waals surface area (Å²) in [5.41, 5.74) is -0.868. The molecule has 2 rings (SSSR count). The predicted molar refractivity (Wildman–Crippen MR) is 73.5 cm³/mol. The number of benzene rings is 1. The number of rotatable bonds is 5. The van der Waals surface area contributed by atoms with Crippen LogP contribution in [0.15, 0.2) is 18.2 Å². The van der Waals surface area contributed by atoms with Crippen molar-refractivity contribution in [3.63, 3.8) is 0 Å². The van der Waals surface area contributed by atoms with Gasteiger partial charge in [0.25, 0.3) is 5.69 Å². The fourth-order valence-electron chi connectivity index (χ4n) is 2.31. The van der Waals surface area contributed by atoms with E-state index in [0.717, 1.165) is 6.07 Å². The van der Waals surface area contributed by atoms with E-state index in [-0.39, 0.29) is 23.5 Å². The van der Waals surface area contributed by atoms with Gasteiger partial charge in [-0.3, -0.25) is 10.1 Å². The van der Waals surface area contributed by atoms with Crippen molar-refractivity contribution in [1.29, 1.82) is 0 Å². The Morgan fingerprint density at radius 1 is 1.43 bits per heavy atom. The van der Waals surface area contributed by atoms with Gasteiger partial charge < -0.3 is 20.3 Å². The van der Waals surface area contributed by atoms with Gasteiger partial charge in [-0.2, -0.15) is 0 Å². The van der Waals surface area contributed by atoms with E-state index < -0.39 is 16.4 Å². The number of hydrogen-bond acceptors (Lipinski definition) is 6. The summed E-state index contributed by atoms with van der Waals surface area (Å²) in [5, 5.41) is 32.6. The van der Waals surface area contributed by atoms with E-state index in [1.165, 1.54) is 12.1 Å². The van der Waals surface area contributed by atoms with E-state index in [9.17, 15) is 25.1 Å². The molecule has 8 nitrogen and oxygen atoms in total. The monoisotopic (exact) mass is 296 g/mol. The normalized spacial score (nSPS) is 17.2. The number of aromatic carboxylic acids is 1. The summed E-state index contributed by atoms with van der Waals surface area (Å²) >= 11 is 0. The van der Waals surface area contributed by atoms with Crippen LogP contribution in [-0.4, -0.2) is 46.5 Å². The Kier molecular flexibility index (Phi) is 4.39. The number of carboxylic acids is 1. The van der Waals surface area contributed by atoms with Crippen LogP contribution in [0.25, 0.3) is 0 Å². The van der Waals surface area contributed by atoms with Crippen molar-refractivity contribution in [1.82, 2.24) is 0 Å². The number of ether oxygens (including phenoxy) is 1. The number of aliphatic hydroxyl groups excluding tert-OH is 1. The Hall–Kier alpha value is -2.19. The number of nitrogens with one attached hydrogen (secondary N) is 1. The molecule has 0 radical (unpaired) electrons. The first-order valence-corrected chi connectivity index (χ1v) is 6.46. The van der Waals surface area contributed by atoms with Crippen LogP contribution in [0, 0.1) is 10.1 Å². The number of nitro groups is 1. The van der Waals surface area contributed by atoms with Gasteiger partial charge in [0.15, 0.2) is 0 Å². The number of carbonyl (C=O) groups is 1. The molecule has 8 heteroatoms. The molecule has 0 spiro atoms. The molecule has 0 aliphatic carbocycles. The number of nitro benzene ring substituents is 1. The SMILES string of the molecule is O=C(O)c1ccc([N+](=O)[O-])cc1NC1(CO)CCOCC1. The zero-order valence-corrected chi connectivity index (χ0v) is 11.2. The standard InChI is InChI=1S/C13H16N2O6/c16-8-13(3-5-21-6-4-13)14-11-7-9(15(19)20)1-2-10(11)12(17)18/h1-2,7,14,16H,3-6,8H2,(H,17,18). The summed E-state index contributed by atoms with van der Waals surface area (Å²) < 4.78 is 5.23. The maximum Gasteiger partial charge on any atom is 0.337 e. The quantitative estimate of drug-likeness (QED) is 0.552. The zero-order chi connectivity index (χ0) is 15.5. The third kappa shape index (κ3) is 3.29. The van der Waals surface area contributed by atoms with Gasteiger partial charge in [0.05, 0.1) is 28.3 Å². The van der Waals surface area contributed by atoms with Gasteiger partial charge in [0.1, 0.15) is 0 Å². The highest BCUT2D eigenvalue weighted by molar-refractivity contribution is 5.95. The van der Waals surface area contributed by atoms with Crippen molar-refractivity contribution < 1.29 is 24.7 Å². The molecule has 0 saturated carbocycles. The molecule has 1 saturated heterocycles. The van der Waals surface area contributed by atoms with Crippen LogP contribution in [0.1, 0.15) is 23.2 Å². The summed E-state index contributed by atoms with van der Waals surface area (Å²) in [5.74, 6) is -1.19. The van der Waals surface area contributed by atoms with Crippen LogP contribution < -0.4 is 5.32 Å². The summed E-state index contributed by atoms with van der Waals surface area (Å²) in [4.78, 5) is 21.5. The molecule has 0 aromatic heterocycles. The van der Waals surface area contributed by atoms with Crippen LogP contribution in [0.4, 0.5) is 11.4 Å². The van der Waals surface area contributed by atoms with Gasteiger partial charge in [-0.1, -0.05) is 0 Å². The minimum absolute atomic E-state index is 0.0695. The molecule has 0 amide bonds. The fourth-order valence-corrected chi connectivity index (χ4v) is 2.31. The number of aliphatic hydroxyl groups is 1. The van der Waals surface area contributed by atoms with Crippen LogP contribution in [-0.2, 0) is 4.74 Å². The molecule has 1 fully saturated rings. The van der Waals surface area contributed by atoms with Crippen LogP contribution in [0.5, 0.6) is 0 Å². The lowest BCUT2D eigenvalue weighted by Gasteiger charge is -2.37. The Morgan fingerprint density at radius 2 is 2.10 bits per heavy atom. The van der Waals surface area contributed by atoms with Gasteiger partial charge in [-0.15, -0.1) is 0 Å². The third-order valence-electron chi connectivity index (χ3n) is 3.60. The molecule has 1 aromatic carbocycles. The van der Waals surface area contributed by atoms with E-state index in [2.05, 4.69) is 5.32 Å². The molecule has 1 aromatic rings. The summed E-state index contributed by atoms with van der Waals surface area (Å²) in [7, 11) is 0. The number of carboxylic acid groups (broad SMARTS) is 1. The Bertz CT molecular complexity index is 554. The van der Waals surface area contributed by atoms with E-state index in [1.807, 2.05) is 0 Å². The zero-order valence-electron chi connectivity index (χ0n) is 11.2. The molecule has 21 heavy (non-hydrogen) atoms. The number of non-ortho nitro benzene ring substituents is 1. The summed E-state index contributed by atoms with van der Waals surface area (Å²) in [6, 6.07) is 3.51. The van der Waals surface area contributed by atoms with Crippen LogP contribution >= 0.6 is 0 Å². The van der Waals surface area contributed by atoms with Gasteiger partial charge >= 0.3 is 5.97 Å². The highest BCUT2D eigenvalue weighted by Crippen LogP contribution is 2.30. The van der Waals surface area contributed by atoms with Gasteiger partial charge in [-0.25, -0.2) is 4.79 Å². The van der Waals surface area contributed by atoms with E-state index in [1.54, 1.807) is 0 Å². The molecule has 3 N–H and O–H groups in total. The second kappa shape index (κ2) is 6.06. The number of hydrogen-bond donors (Lipinski definition) is 3. The Balaban J connectivity index is 2.37. The van der Waals surface area contributed by atoms with Crippen LogP contribution in [0.3, 0.4) is 0 Å². The molecule has 0 unspecified atom stereocenters. The molecule has 1 aliphatic heterocycles. The first-order valence-electron chi connectivity index (χ1n) is 6.46. The topological polar surface area (TPSA) is 122 Å². The molecule has 1 aliphatic rings. The van der Waals surface area contributed by atoms with Crippen molar-refractivity contribution in [2.75, 3.05) is 25.1 Å². The average molecular weight is 296 g/mol. The molecule has 1 heterocycles. The fraction of sp³-hybridized carbons (Fsp3) is 0.462. The lowest BCUT2D eigenvalue weighted by Crippen LogP contribution is -2.47. The molecule has 0 bridgehead atoms. The molecule has 114 valence electrons. The first-order chi connectivity index (χ1) is 9.97. The number of nitrogens with zero attached hydrogens (tertiary/aromatic N) is 1. The van der Waals surface area contributed by atoms with Crippen molar-refractivity contribution in [2.24, 2.45) is 0 Å².